The highest BCUT2D eigenvalue weighted by Crippen LogP contribution is 2.42. The Bertz CT molecular complexity index is 1030. The Morgan fingerprint density at radius 2 is 2.00 bits per heavy atom. The fraction of sp³-hybridized carbons (Fsp3) is 0.333. The van der Waals surface area contributed by atoms with Crippen LogP contribution in [0.1, 0.15) is 34.6 Å². The average molecular weight is 465 g/mol. The molecule has 3 rings (SSSR count). The number of halogens is 7. The van der Waals surface area contributed by atoms with Crippen LogP contribution in [0, 0.1) is 5.82 Å². The number of nitrogens with two attached hydrogens (primary N) is 1. The number of amides is 1. The van der Waals surface area contributed by atoms with Gasteiger partial charge in [0.1, 0.15) is 23.9 Å². The van der Waals surface area contributed by atoms with Gasteiger partial charge in [0.15, 0.2) is 11.6 Å². The number of nitrogens with one attached hydrogen (secondary N) is 1. The van der Waals surface area contributed by atoms with Crippen LogP contribution in [0.3, 0.4) is 0 Å². The van der Waals surface area contributed by atoms with Gasteiger partial charge in [-0.15, -0.1) is 0 Å². The summed E-state index contributed by atoms with van der Waals surface area (Å²) in [5.74, 6) is -2.05. The van der Waals surface area contributed by atoms with Crippen LogP contribution in [0.25, 0.3) is 0 Å². The number of anilines is 1. The highest BCUT2D eigenvalue weighted by atomic mass is 19.4. The molecule has 0 saturated carbocycles. The Labute approximate surface area is 175 Å². The molecule has 2 aromatic rings. The zero-order chi connectivity index (χ0) is 23.7. The van der Waals surface area contributed by atoms with Crippen molar-refractivity contribution in [2.24, 2.45) is 10.7 Å². The lowest BCUT2D eigenvalue weighted by molar-refractivity contribution is -0.167. The number of rotatable bonds is 5. The molecule has 0 bridgehead atoms. The van der Waals surface area contributed by atoms with Crippen LogP contribution in [0.4, 0.5) is 36.4 Å². The van der Waals surface area contributed by atoms with Gasteiger partial charge in [-0.2, -0.15) is 13.2 Å². The van der Waals surface area contributed by atoms with Crippen molar-refractivity contribution < 1.29 is 40.3 Å². The summed E-state index contributed by atoms with van der Waals surface area (Å²) >= 11 is 0. The molecule has 1 aromatic heterocycles. The first-order chi connectivity index (χ1) is 14.9. The molecule has 0 spiro atoms. The number of carbonyl (C=O) groups is 1. The molecule has 1 amide bonds. The van der Waals surface area contributed by atoms with E-state index in [-0.39, 0.29) is 11.4 Å². The third kappa shape index (κ3) is 4.73. The van der Waals surface area contributed by atoms with Gasteiger partial charge in [-0.25, -0.2) is 27.5 Å². The van der Waals surface area contributed by atoms with Gasteiger partial charge >= 0.3 is 6.18 Å². The topological polar surface area (TPSA) is 102 Å². The number of benzene rings is 1. The van der Waals surface area contributed by atoms with Crippen LogP contribution in [0.2, 0.25) is 0 Å². The molecule has 1 aromatic carbocycles. The van der Waals surface area contributed by atoms with E-state index < -0.39 is 66.3 Å². The second-order valence-corrected chi connectivity index (χ2v) is 6.73. The summed E-state index contributed by atoms with van der Waals surface area (Å²) in [5.41, 5.74) is 1.01. The summed E-state index contributed by atoms with van der Waals surface area (Å²) < 4.78 is 98.1. The molecule has 7 nitrogen and oxygen atoms in total. The Kier molecular flexibility index (Phi) is 6.23. The van der Waals surface area contributed by atoms with E-state index in [0.717, 1.165) is 24.4 Å². The number of hydrogen-bond donors (Lipinski definition) is 2. The number of hydrogen-bond acceptors (Lipinski definition) is 6. The van der Waals surface area contributed by atoms with Crippen LogP contribution in [0.5, 0.6) is 0 Å². The predicted octanol–water partition coefficient (Wildman–Crippen LogP) is 3.64. The highest BCUT2D eigenvalue weighted by Gasteiger charge is 2.52. The Morgan fingerprint density at radius 1 is 1.28 bits per heavy atom. The molecule has 0 radical (unpaired) electrons. The number of aliphatic imine (C=N–C) groups is 1. The molecule has 0 unspecified atom stereocenters. The fourth-order valence-corrected chi connectivity index (χ4v) is 3.00. The molecular formula is C18H14F7N5O2. The molecule has 0 aliphatic carbocycles. The summed E-state index contributed by atoms with van der Waals surface area (Å²) in [5, 5.41) is 2.25. The van der Waals surface area contributed by atoms with Crippen molar-refractivity contribution >= 4 is 17.6 Å². The van der Waals surface area contributed by atoms with E-state index in [2.05, 4.69) is 20.3 Å². The van der Waals surface area contributed by atoms with E-state index in [1.165, 1.54) is 0 Å². The minimum atomic E-state index is -4.89. The van der Waals surface area contributed by atoms with E-state index in [1.807, 2.05) is 0 Å². The first kappa shape index (κ1) is 23.2. The van der Waals surface area contributed by atoms with Crippen LogP contribution >= 0.6 is 0 Å². The molecule has 2 heterocycles. The van der Waals surface area contributed by atoms with E-state index in [1.54, 1.807) is 0 Å². The van der Waals surface area contributed by atoms with Crippen LogP contribution < -0.4 is 11.1 Å². The number of nitrogens with zero attached hydrogens (tertiary/aromatic N) is 3. The molecule has 0 saturated heterocycles. The van der Waals surface area contributed by atoms with Gasteiger partial charge in [0.05, 0.1) is 12.4 Å². The number of alkyl halides is 6. The van der Waals surface area contributed by atoms with Gasteiger partial charge < -0.3 is 15.8 Å². The summed E-state index contributed by atoms with van der Waals surface area (Å²) in [6.45, 7) is -1.58. The molecule has 3 N–H and O–H groups in total. The quantitative estimate of drug-likeness (QED) is 0.657. The summed E-state index contributed by atoms with van der Waals surface area (Å²) in [4.78, 5) is 22.3. The van der Waals surface area contributed by atoms with Crippen molar-refractivity contribution in [3.8, 4) is 0 Å². The maximum atomic E-state index is 14.5. The fourth-order valence-electron chi connectivity index (χ4n) is 3.00. The lowest BCUT2D eigenvalue weighted by Gasteiger charge is -2.38. The molecule has 2 atom stereocenters. The van der Waals surface area contributed by atoms with Crippen molar-refractivity contribution in [3.63, 3.8) is 0 Å². The lowest BCUT2D eigenvalue weighted by Crippen LogP contribution is -2.48. The van der Waals surface area contributed by atoms with E-state index in [0.29, 0.717) is 6.20 Å². The maximum absolute atomic E-state index is 14.5. The van der Waals surface area contributed by atoms with Crippen LogP contribution in [-0.2, 0) is 10.3 Å². The number of ether oxygens (including phenoxy) is 1. The smallest absolute Gasteiger partial charge is 0.411 e. The summed E-state index contributed by atoms with van der Waals surface area (Å²) in [6.07, 6.45) is -7.42. The van der Waals surface area contributed by atoms with E-state index >= 15 is 0 Å². The lowest BCUT2D eigenvalue weighted by atomic mass is 9.86. The summed E-state index contributed by atoms with van der Waals surface area (Å²) in [7, 11) is 0. The first-order valence-electron chi connectivity index (χ1n) is 8.81. The Hall–Kier alpha value is -3.45. The largest absolute Gasteiger partial charge is 0.451 e. The summed E-state index contributed by atoms with van der Waals surface area (Å²) in [6, 6.07) is -0.708. The SMILES string of the molecule is NC1=N[C@H](C(F)(F)F)C[C@@](CF)(c2cc(NC(=O)c3cnc(C(F)F)cn3)ccc2F)O1. The Morgan fingerprint density at radius 3 is 2.56 bits per heavy atom. The molecule has 172 valence electrons. The molecule has 32 heavy (non-hydrogen) atoms. The van der Waals surface area contributed by atoms with Gasteiger partial charge in [0.25, 0.3) is 18.4 Å². The van der Waals surface area contributed by atoms with E-state index in [9.17, 15) is 35.5 Å². The monoisotopic (exact) mass is 465 g/mol. The van der Waals surface area contributed by atoms with Gasteiger partial charge in [-0.05, 0) is 18.2 Å². The van der Waals surface area contributed by atoms with Crippen molar-refractivity contribution in [2.75, 3.05) is 12.0 Å². The second kappa shape index (κ2) is 8.59. The zero-order valence-corrected chi connectivity index (χ0v) is 15.8. The van der Waals surface area contributed by atoms with Crippen molar-refractivity contribution in [2.45, 2.75) is 30.7 Å². The molecule has 1 aliphatic rings. The van der Waals surface area contributed by atoms with Crippen molar-refractivity contribution in [1.29, 1.82) is 0 Å². The van der Waals surface area contributed by atoms with Crippen LogP contribution in [0.15, 0.2) is 35.6 Å². The third-order valence-electron chi connectivity index (χ3n) is 4.54. The maximum Gasteiger partial charge on any atom is 0.411 e. The minimum absolute atomic E-state index is 0.160. The van der Waals surface area contributed by atoms with Gasteiger partial charge in [0, 0.05) is 17.7 Å². The van der Waals surface area contributed by atoms with Crippen molar-refractivity contribution in [3.05, 3.63) is 53.4 Å². The molecule has 14 heteroatoms. The molecule has 0 fully saturated rings. The van der Waals surface area contributed by atoms with Gasteiger partial charge in [-0.1, -0.05) is 0 Å². The highest BCUT2D eigenvalue weighted by molar-refractivity contribution is 6.02. The van der Waals surface area contributed by atoms with Gasteiger partial charge in [-0.3, -0.25) is 9.78 Å². The number of amidine groups is 1. The molecular weight excluding hydrogens is 451 g/mol. The number of aromatic nitrogens is 2. The minimum Gasteiger partial charge on any atom is -0.451 e. The predicted molar refractivity (Wildman–Crippen MR) is 96.2 cm³/mol. The zero-order valence-electron chi connectivity index (χ0n) is 15.8. The standard InChI is InChI=1S/C18H14F7N5O2/c19-7-17(4-13(18(23,24)25)30-16(26)32-17)9-3-8(1-2-10(9)20)29-15(31)12-6-27-11(5-28-12)14(21)22/h1-3,5-6,13-14H,4,7H2,(H2,26,30)(H,29,31)/t13-,17+/m0/s1. The second-order valence-electron chi connectivity index (χ2n) is 6.73. The van der Waals surface area contributed by atoms with Crippen LogP contribution in [-0.4, -0.2) is 40.8 Å². The normalized spacial score (nSPS) is 21.1. The Balaban J connectivity index is 1.90. The number of carbonyl (C=O) groups excluding carboxylic acids is 1. The van der Waals surface area contributed by atoms with Crippen molar-refractivity contribution in [1.82, 2.24) is 9.97 Å². The third-order valence-corrected chi connectivity index (χ3v) is 4.54. The first-order valence-corrected chi connectivity index (χ1v) is 8.81. The van der Waals surface area contributed by atoms with Gasteiger partial charge in [0.2, 0.25) is 0 Å². The average Bonchev–Trinajstić information content (AvgIpc) is 2.74. The molecule has 1 aliphatic heterocycles. The van der Waals surface area contributed by atoms with E-state index in [4.69, 9.17) is 10.5 Å².